The van der Waals surface area contributed by atoms with Crippen LogP contribution in [-0.4, -0.2) is 37.7 Å². The Kier molecular flexibility index (Phi) is 6.29. The van der Waals surface area contributed by atoms with E-state index in [9.17, 15) is 18.3 Å². The average molecular weight is 435 g/mol. The van der Waals surface area contributed by atoms with E-state index in [1.54, 1.807) is 24.3 Å². The third kappa shape index (κ3) is 5.65. The molecule has 0 saturated carbocycles. The highest BCUT2D eigenvalue weighted by atomic mass is 32.2. The fraction of sp³-hybridized carbons (Fsp3) is 0.167. The van der Waals surface area contributed by atoms with Gasteiger partial charge in [0.1, 0.15) is 39.5 Å². The number of carbonyl (C=O) groups is 1. The van der Waals surface area contributed by atoms with Crippen LogP contribution in [0.4, 0.5) is 0 Å². The van der Waals surface area contributed by atoms with Crippen LogP contribution in [0.15, 0.2) is 51.5 Å². The quantitative estimate of drug-likeness (QED) is 0.410. The number of hydrogen-bond acceptors (Lipinski definition) is 9. The van der Waals surface area contributed by atoms with Gasteiger partial charge >= 0.3 is 0 Å². The number of amides is 1. The largest absolute Gasteiger partial charge is 0.507 e. The second-order valence-corrected chi connectivity index (χ2v) is 8.87. The number of methoxy groups -OCH3 is 1. The Balaban J connectivity index is 1.61. The summed E-state index contributed by atoms with van der Waals surface area (Å²) in [5.74, 6) is -0.302. The second-order valence-electron chi connectivity index (χ2n) is 5.86. The fourth-order valence-corrected chi connectivity index (χ4v) is 4.82. The number of aromatic nitrogens is 1. The first-order valence-electron chi connectivity index (χ1n) is 8.24. The van der Waals surface area contributed by atoms with Gasteiger partial charge in [-0.1, -0.05) is 0 Å². The molecule has 3 aromatic rings. The molecular formula is C18H17N3O6S2. The first-order chi connectivity index (χ1) is 13.9. The van der Waals surface area contributed by atoms with Gasteiger partial charge in [0.25, 0.3) is 5.91 Å². The van der Waals surface area contributed by atoms with E-state index in [0.717, 1.165) is 11.3 Å². The van der Waals surface area contributed by atoms with Gasteiger partial charge in [0, 0.05) is 10.9 Å². The molecule has 0 aliphatic carbocycles. The highest BCUT2D eigenvalue weighted by Gasteiger charge is 2.19. The van der Waals surface area contributed by atoms with Crippen LogP contribution >= 0.6 is 11.3 Å². The molecule has 2 aromatic heterocycles. The molecule has 0 aliphatic heterocycles. The van der Waals surface area contributed by atoms with E-state index in [-0.39, 0.29) is 28.0 Å². The molecule has 1 aromatic carbocycles. The number of aromatic hydroxyl groups is 1. The summed E-state index contributed by atoms with van der Waals surface area (Å²) in [7, 11) is -1.99. The molecule has 0 spiro atoms. The molecule has 2 N–H and O–H groups in total. The minimum atomic E-state index is -3.48. The molecule has 0 radical (unpaired) electrons. The highest BCUT2D eigenvalue weighted by molar-refractivity contribution is 7.89. The summed E-state index contributed by atoms with van der Waals surface area (Å²) in [6.45, 7) is 0. The van der Waals surface area contributed by atoms with Crippen LogP contribution in [0, 0.1) is 0 Å². The number of nitrogens with zero attached hydrogens (tertiary/aromatic N) is 2. The molecule has 0 atom stereocenters. The van der Waals surface area contributed by atoms with Crippen LogP contribution in [0.5, 0.6) is 11.5 Å². The van der Waals surface area contributed by atoms with E-state index in [2.05, 4.69) is 15.5 Å². The van der Waals surface area contributed by atoms with E-state index in [1.165, 1.54) is 31.0 Å². The summed E-state index contributed by atoms with van der Waals surface area (Å²) in [6, 6.07) is 7.77. The van der Waals surface area contributed by atoms with Crippen molar-refractivity contribution < 1.29 is 27.5 Å². The third-order valence-electron chi connectivity index (χ3n) is 3.67. The number of benzene rings is 1. The molecule has 2 heterocycles. The average Bonchev–Trinajstić information content (AvgIpc) is 3.34. The van der Waals surface area contributed by atoms with Gasteiger partial charge in [-0.25, -0.2) is 18.8 Å². The molecule has 0 saturated heterocycles. The Labute approximate surface area is 170 Å². The minimum Gasteiger partial charge on any atom is -0.507 e. The summed E-state index contributed by atoms with van der Waals surface area (Å²) in [6.07, 6.45) is 2.67. The highest BCUT2D eigenvalue weighted by Crippen LogP contribution is 2.21. The topological polar surface area (TPSA) is 131 Å². The molecule has 0 aliphatic rings. The predicted molar refractivity (Wildman–Crippen MR) is 107 cm³/mol. The number of thiazole rings is 1. The van der Waals surface area contributed by atoms with Crippen LogP contribution in [0.1, 0.15) is 26.8 Å². The maximum absolute atomic E-state index is 12.2. The fourth-order valence-electron chi connectivity index (χ4n) is 2.31. The molecule has 152 valence electrons. The first-order valence-corrected chi connectivity index (χ1v) is 10.9. The predicted octanol–water partition coefficient (Wildman–Crippen LogP) is 2.33. The van der Waals surface area contributed by atoms with Crippen LogP contribution in [0.25, 0.3) is 0 Å². The molecule has 1 amide bonds. The van der Waals surface area contributed by atoms with Crippen molar-refractivity contribution in [3.8, 4) is 11.5 Å². The Morgan fingerprint density at radius 3 is 2.93 bits per heavy atom. The molecule has 0 fully saturated rings. The number of carbonyl (C=O) groups excluding carboxylic acids is 1. The summed E-state index contributed by atoms with van der Waals surface area (Å²) in [5.41, 5.74) is 2.68. The van der Waals surface area contributed by atoms with Gasteiger partial charge in [-0.3, -0.25) is 4.79 Å². The molecule has 0 unspecified atom stereocenters. The van der Waals surface area contributed by atoms with Gasteiger partial charge in [0.2, 0.25) is 0 Å². The second kappa shape index (κ2) is 8.88. The molecule has 11 heteroatoms. The van der Waals surface area contributed by atoms with Crippen LogP contribution in [0.3, 0.4) is 0 Å². The van der Waals surface area contributed by atoms with Crippen molar-refractivity contribution in [3.05, 3.63) is 64.0 Å². The van der Waals surface area contributed by atoms with Crippen molar-refractivity contribution >= 4 is 33.3 Å². The zero-order chi connectivity index (χ0) is 20.9. The van der Waals surface area contributed by atoms with Gasteiger partial charge in [-0.2, -0.15) is 5.10 Å². The van der Waals surface area contributed by atoms with Crippen molar-refractivity contribution in [2.24, 2.45) is 5.10 Å². The number of hydrogen-bond donors (Lipinski definition) is 2. The van der Waals surface area contributed by atoms with Crippen LogP contribution in [0.2, 0.25) is 0 Å². The van der Waals surface area contributed by atoms with Gasteiger partial charge in [-0.05, 0) is 30.3 Å². The van der Waals surface area contributed by atoms with Crippen LogP contribution in [-0.2, 0) is 21.3 Å². The first kappa shape index (κ1) is 20.6. The maximum atomic E-state index is 12.2. The third-order valence-corrected chi connectivity index (χ3v) is 6.14. The Bertz CT molecular complexity index is 1120. The van der Waals surface area contributed by atoms with E-state index < -0.39 is 15.7 Å². The number of ether oxygens (including phenoxy) is 1. The number of nitrogens with one attached hydrogen (secondary N) is 1. The normalized spacial score (nSPS) is 11.6. The van der Waals surface area contributed by atoms with Crippen LogP contribution < -0.4 is 10.2 Å². The maximum Gasteiger partial charge on any atom is 0.290 e. The SMILES string of the molecule is COc1ccc(O)c(/C=N/NC(=O)c2csc(CS(=O)(=O)Cc3ccco3)n2)c1. The number of phenolic OH excluding ortho intramolecular Hbond substituents is 1. The number of sulfone groups is 1. The lowest BCUT2D eigenvalue weighted by Gasteiger charge is -2.03. The van der Waals surface area contributed by atoms with Gasteiger partial charge in [-0.15, -0.1) is 11.3 Å². The lowest BCUT2D eigenvalue weighted by atomic mass is 10.2. The summed E-state index contributed by atoms with van der Waals surface area (Å²) >= 11 is 1.06. The van der Waals surface area contributed by atoms with Gasteiger partial charge < -0.3 is 14.3 Å². The van der Waals surface area contributed by atoms with Crippen molar-refractivity contribution in [1.82, 2.24) is 10.4 Å². The van der Waals surface area contributed by atoms with Crippen molar-refractivity contribution in [1.29, 1.82) is 0 Å². The zero-order valence-electron chi connectivity index (χ0n) is 15.2. The van der Waals surface area contributed by atoms with Crippen molar-refractivity contribution in [2.45, 2.75) is 11.5 Å². The Morgan fingerprint density at radius 2 is 2.21 bits per heavy atom. The number of furan rings is 1. The van der Waals surface area contributed by atoms with E-state index in [0.29, 0.717) is 17.1 Å². The molecule has 0 bridgehead atoms. The molecular weight excluding hydrogens is 418 g/mol. The lowest BCUT2D eigenvalue weighted by molar-refractivity contribution is 0.0950. The Hall–Kier alpha value is -3.18. The standard InChI is InChI=1S/C18H17N3O6S2/c1-26-13-4-5-16(22)12(7-13)8-19-21-18(23)15-9-28-17(20-15)11-29(24,25)10-14-3-2-6-27-14/h2-9,22H,10-11H2,1H3,(H,21,23)/b19-8+. The molecule has 29 heavy (non-hydrogen) atoms. The monoisotopic (exact) mass is 435 g/mol. The summed E-state index contributed by atoms with van der Waals surface area (Å²) < 4.78 is 34.5. The zero-order valence-corrected chi connectivity index (χ0v) is 16.9. The van der Waals surface area contributed by atoms with Crippen molar-refractivity contribution in [2.75, 3.05) is 7.11 Å². The Morgan fingerprint density at radius 1 is 1.38 bits per heavy atom. The molecule has 9 nitrogen and oxygen atoms in total. The smallest absolute Gasteiger partial charge is 0.290 e. The lowest BCUT2D eigenvalue weighted by Crippen LogP contribution is -2.18. The van der Waals surface area contributed by atoms with Gasteiger partial charge in [0.05, 0.1) is 19.6 Å². The minimum absolute atomic E-state index is 0.0264. The summed E-state index contributed by atoms with van der Waals surface area (Å²) in [5, 5.41) is 15.3. The molecule has 3 rings (SSSR count). The number of rotatable bonds is 8. The van der Waals surface area contributed by atoms with Gasteiger partial charge in [0.15, 0.2) is 9.84 Å². The van der Waals surface area contributed by atoms with E-state index in [4.69, 9.17) is 9.15 Å². The number of phenols is 1. The van der Waals surface area contributed by atoms with Crippen molar-refractivity contribution in [3.63, 3.8) is 0 Å². The van der Waals surface area contributed by atoms with E-state index >= 15 is 0 Å². The van der Waals surface area contributed by atoms with E-state index in [1.807, 2.05) is 0 Å². The summed E-state index contributed by atoms with van der Waals surface area (Å²) in [4.78, 5) is 16.2. The number of hydrazone groups is 1.